The molecule has 0 saturated carbocycles. The number of amides is 2. The number of nitrogens with one attached hydrogen (secondary N) is 1. The van der Waals surface area contributed by atoms with Crippen molar-refractivity contribution in [2.24, 2.45) is 0 Å². The van der Waals surface area contributed by atoms with E-state index < -0.39 is 0 Å². The van der Waals surface area contributed by atoms with Crippen molar-refractivity contribution in [1.82, 2.24) is 4.90 Å². The van der Waals surface area contributed by atoms with Gasteiger partial charge in [-0.3, -0.25) is 0 Å². The Morgan fingerprint density at radius 1 is 1.43 bits per heavy atom. The quantitative estimate of drug-likeness (QED) is 0.759. The molecule has 1 aliphatic heterocycles. The summed E-state index contributed by atoms with van der Waals surface area (Å²) in [5, 5.41) is 3.42. The fourth-order valence-corrected chi connectivity index (χ4v) is 1.48. The lowest BCUT2D eigenvalue weighted by Gasteiger charge is -2.30. The minimum Gasteiger partial charge on any atom is -0.324 e. The summed E-state index contributed by atoms with van der Waals surface area (Å²) < 4.78 is 0. The topological polar surface area (TPSA) is 32.3 Å². The van der Waals surface area contributed by atoms with E-state index in [1.807, 2.05) is 12.1 Å². The standard InChI is InChI=1S/C10H11ClN2O/c11-8-3-1-4-9(7-8)12-10(14)13-5-2-6-13/h1,3-4,7H,2,5-6H2,(H,12,14). The Kier molecular flexibility index (Phi) is 2.59. The number of carbonyl (C=O) groups excluding carboxylic acids is 1. The molecule has 0 bridgehead atoms. The molecule has 0 aromatic heterocycles. The molecule has 1 fully saturated rings. The molecule has 1 saturated heterocycles. The number of halogens is 1. The second-order valence-corrected chi connectivity index (χ2v) is 3.72. The molecule has 4 heteroatoms. The number of urea groups is 1. The third kappa shape index (κ3) is 1.99. The summed E-state index contributed by atoms with van der Waals surface area (Å²) in [6.45, 7) is 1.71. The van der Waals surface area contributed by atoms with Gasteiger partial charge in [0.25, 0.3) is 0 Å². The Bertz CT molecular complexity index is 350. The second kappa shape index (κ2) is 3.88. The van der Waals surface area contributed by atoms with Crippen LogP contribution in [0.15, 0.2) is 24.3 Å². The van der Waals surface area contributed by atoms with Crippen LogP contribution in [0.1, 0.15) is 6.42 Å². The maximum atomic E-state index is 11.5. The lowest BCUT2D eigenvalue weighted by Crippen LogP contribution is -2.44. The van der Waals surface area contributed by atoms with Gasteiger partial charge in [0.15, 0.2) is 0 Å². The third-order valence-electron chi connectivity index (χ3n) is 2.22. The molecule has 0 aliphatic carbocycles. The molecular weight excluding hydrogens is 200 g/mol. The number of carbonyl (C=O) groups is 1. The van der Waals surface area contributed by atoms with Crippen LogP contribution in [-0.4, -0.2) is 24.0 Å². The zero-order valence-electron chi connectivity index (χ0n) is 7.66. The maximum Gasteiger partial charge on any atom is 0.321 e. The third-order valence-corrected chi connectivity index (χ3v) is 2.45. The van der Waals surface area contributed by atoms with Crippen molar-refractivity contribution in [1.29, 1.82) is 0 Å². The van der Waals surface area contributed by atoms with E-state index in [2.05, 4.69) is 5.32 Å². The predicted molar refractivity (Wildman–Crippen MR) is 56.7 cm³/mol. The zero-order chi connectivity index (χ0) is 9.97. The number of hydrogen-bond acceptors (Lipinski definition) is 1. The molecule has 3 nitrogen and oxygen atoms in total. The van der Waals surface area contributed by atoms with E-state index in [-0.39, 0.29) is 6.03 Å². The van der Waals surface area contributed by atoms with Crippen LogP contribution in [0, 0.1) is 0 Å². The molecule has 0 atom stereocenters. The first-order chi connectivity index (χ1) is 6.75. The number of nitrogens with zero attached hydrogens (tertiary/aromatic N) is 1. The highest BCUT2D eigenvalue weighted by molar-refractivity contribution is 6.30. The van der Waals surface area contributed by atoms with Crippen molar-refractivity contribution < 1.29 is 4.79 Å². The van der Waals surface area contributed by atoms with Gasteiger partial charge in [0, 0.05) is 23.8 Å². The molecule has 1 heterocycles. The molecule has 14 heavy (non-hydrogen) atoms. The molecule has 1 aromatic rings. The zero-order valence-corrected chi connectivity index (χ0v) is 8.42. The highest BCUT2D eigenvalue weighted by Gasteiger charge is 2.19. The van der Waals surface area contributed by atoms with Gasteiger partial charge < -0.3 is 10.2 Å². The van der Waals surface area contributed by atoms with Crippen molar-refractivity contribution in [3.63, 3.8) is 0 Å². The van der Waals surface area contributed by atoms with Crippen LogP contribution < -0.4 is 5.32 Å². The van der Waals surface area contributed by atoms with Gasteiger partial charge in [-0.15, -0.1) is 0 Å². The van der Waals surface area contributed by atoms with Crippen molar-refractivity contribution in [3.05, 3.63) is 29.3 Å². The molecule has 1 aromatic carbocycles. The van der Waals surface area contributed by atoms with Gasteiger partial charge in [0.2, 0.25) is 0 Å². The Morgan fingerprint density at radius 3 is 2.79 bits per heavy atom. The molecule has 0 radical (unpaired) electrons. The monoisotopic (exact) mass is 210 g/mol. The second-order valence-electron chi connectivity index (χ2n) is 3.28. The van der Waals surface area contributed by atoms with Gasteiger partial charge in [-0.25, -0.2) is 4.79 Å². The maximum absolute atomic E-state index is 11.5. The minimum atomic E-state index is -0.0430. The van der Waals surface area contributed by atoms with E-state index in [1.165, 1.54) is 0 Å². The Balaban J connectivity index is 1.99. The van der Waals surface area contributed by atoms with Crippen molar-refractivity contribution >= 4 is 23.3 Å². The summed E-state index contributed by atoms with van der Waals surface area (Å²) in [6, 6.07) is 7.11. The first kappa shape index (κ1) is 9.34. The largest absolute Gasteiger partial charge is 0.324 e. The average molecular weight is 211 g/mol. The number of benzene rings is 1. The van der Waals surface area contributed by atoms with Gasteiger partial charge >= 0.3 is 6.03 Å². The summed E-state index contributed by atoms with van der Waals surface area (Å²) in [5.41, 5.74) is 0.745. The van der Waals surface area contributed by atoms with E-state index in [0.29, 0.717) is 5.02 Å². The van der Waals surface area contributed by atoms with Crippen molar-refractivity contribution in [2.75, 3.05) is 18.4 Å². The van der Waals surface area contributed by atoms with E-state index in [9.17, 15) is 4.79 Å². The van der Waals surface area contributed by atoms with Crippen LogP contribution >= 0.6 is 11.6 Å². The minimum absolute atomic E-state index is 0.0430. The van der Waals surface area contributed by atoms with Crippen LogP contribution in [0.5, 0.6) is 0 Å². The Morgan fingerprint density at radius 2 is 2.21 bits per heavy atom. The lowest BCUT2D eigenvalue weighted by atomic mass is 10.2. The highest BCUT2D eigenvalue weighted by atomic mass is 35.5. The number of anilines is 1. The number of likely N-dealkylation sites (tertiary alicyclic amines) is 1. The van der Waals surface area contributed by atoms with Gasteiger partial charge in [-0.2, -0.15) is 0 Å². The van der Waals surface area contributed by atoms with Crippen LogP contribution in [-0.2, 0) is 0 Å². The molecule has 0 spiro atoms. The Labute approximate surface area is 87.7 Å². The Hall–Kier alpha value is -1.22. The van der Waals surface area contributed by atoms with Gasteiger partial charge in [0.1, 0.15) is 0 Å². The van der Waals surface area contributed by atoms with Crippen molar-refractivity contribution in [3.8, 4) is 0 Å². The lowest BCUT2D eigenvalue weighted by molar-refractivity contribution is 0.181. The SMILES string of the molecule is O=C(Nc1cccc(Cl)c1)N1CCC1. The average Bonchev–Trinajstić information content (AvgIpc) is 1.99. The summed E-state index contributed by atoms with van der Waals surface area (Å²) in [6.07, 6.45) is 1.10. The summed E-state index contributed by atoms with van der Waals surface area (Å²) in [4.78, 5) is 13.2. The first-order valence-electron chi connectivity index (χ1n) is 4.57. The number of hydrogen-bond donors (Lipinski definition) is 1. The smallest absolute Gasteiger partial charge is 0.321 e. The fourth-order valence-electron chi connectivity index (χ4n) is 1.29. The van der Waals surface area contributed by atoms with Gasteiger partial charge in [-0.1, -0.05) is 17.7 Å². The van der Waals surface area contributed by atoms with Crippen LogP contribution in [0.25, 0.3) is 0 Å². The molecule has 2 amide bonds. The van der Waals surface area contributed by atoms with Crippen LogP contribution in [0.2, 0.25) is 5.02 Å². The fraction of sp³-hybridized carbons (Fsp3) is 0.300. The molecule has 1 N–H and O–H groups in total. The summed E-state index contributed by atoms with van der Waals surface area (Å²) >= 11 is 5.79. The highest BCUT2D eigenvalue weighted by Crippen LogP contribution is 2.16. The number of rotatable bonds is 1. The summed E-state index contributed by atoms with van der Waals surface area (Å²) in [5.74, 6) is 0. The summed E-state index contributed by atoms with van der Waals surface area (Å²) in [7, 11) is 0. The molecular formula is C10H11ClN2O. The van der Waals surface area contributed by atoms with Crippen molar-refractivity contribution in [2.45, 2.75) is 6.42 Å². The van der Waals surface area contributed by atoms with E-state index in [4.69, 9.17) is 11.6 Å². The predicted octanol–water partition coefficient (Wildman–Crippen LogP) is 2.58. The first-order valence-corrected chi connectivity index (χ1v) is 4.95. The van der Waals surface area contributed by atoms with E-state index >= 15 is 0 Å². The molecule has 1 aliphatic rings. The van der Waals surface area contributed by atoms with E-state index in [1.54, 1.807) is 17.0 Å². The molecule has 0 unspecified atom stereocenters. The van der Waals surface area contributed by atoms with Gasteiger partial charge in [-0.05, 0) is 24.6 Å². The molecule has 2 rings (SSSR count). The van der Waals surface area contributed by atoms with Crippen LogP contribution in [0.3, 0.4) is 0 Å². The van der Waals surface area contributed by atoms with Gasteiger partial charge in [0.05, 0.1) is 0 Å². The molecule has 74 valence electrons. The normalized spacial score (nSPS) is 14.8. The van der Waals surface area contributed by atoms with E-state index in [0.717, 1.165) is 25.2 Å². The van der Waals surface area contributed by atoms with Crippen LogP contribution in [0.4, 0.5) is 10.5 Å².